The molecule has 1 saturated heterocycles. The zero-order valence-electron chi connectivity index (χ0n) is 11.2. The molecule has 0 aromatic heterocycles. The van der Waals surface area contributed by atoms with Crippen LogP contribution in [0.3, 0.4) is 0 Å². The SMILES string of the molecule is Cc1cccc(C(=O)N2CCC[C@@](O)(C(N)=O)C2)c1F. The van der Waals surface area contributed by atoms with Crippen LogP contribution in [0.2, 0.25) is 0 Å². The topological polar surface area (TPSA) is 83.6 Å². The highest BCUT2D eigenvalue weighted by atomic mass is 19.1. The molecule has 0 radical (unpaired) electrons. The average molecular weight is 280 g/mol. The van der Waals surface area contributed by atoms with E-state index in [4.69, 9.17) is 5.73 Å². The first-order valence-corrected chi connectivity index (χ1v) is 6.42. The van der Waals surface area contributed by atoms with Gasteiger partial charge in [0.25, 0.3) is 11.8 Å². The highest BCUT2D eigenvalue weighted by molar-refractivity contribution is 5.95. The van der Waals surface area contributed by atoms with Gasteiger partial charge in [0.05, 0.1) is 12.1 Å². The van der Waals surface area contributed by atoms with Crippen molar-refractivity contribution in [2.75, 3.05) is 13.1 Å². The molecule has 6 heteroatoms. The maximum Gasteiger partial charge on any atom is 0.256 e. The Hall–Kier alpha value is -1.95. The molecule has 0 aliphatic carbocycles. The van der Waals surface area contributed by atoms with Crippen molar-refractivity contribution in [1.29, 1.82) is 0 Å². The molecule has 0 bridgehead atoms. The fourth-order valence-corrected chi connectivity index (χ4v) is 2.39. The Morgan fingerprint density at radius 2 is 2.15 bits per heavy atom. The number of carbonyl (C=O) groups is 2. The summed E-state index contributed by atoms with van der Waals surface area (Å²) >= 11 is 0. The van der Waals surface area contributed by atoms with E-state index in [2.05, 4.69) is 0 Å². The van der Waals surface area contributed by atoms with Crippen LogP contribution in [0.25, 0.3) is 0 Å². The fourth-order valence-electron chi connectivity index (χ4n) is 2.39. The van der Waals surface area contributed by atoms with Crippen molar-refractivity contribution >= 4 is 11.8 Å². The van der Waals surface area contributed by atoms with E-state index in [1.54, 1.807) is 19.1 Å². The summed E-state index contributed by atoms with van der Waals surface area (Å²) in [5.74, 6) is -1.98. The lowest BCUT2D eigenvalue weighted by atomic mass is 9.91. The molecule has 1 aromatic rings. The number of halogens is 1. The second-order valence-electron chi connectivity index (χ2n) is 5.16. The van der Waals surface area contributed by atoms with Crippen molar-refractivity contribution in [2.24, 2.45) is 5.73 Å². The number of hydrogen-bond acceptors (Lipinski definition) is 3. The Morgan fingerprint density at radius 1 is 1.45 bits per heavy atom. The van der Waals surface area contributed by atoms with E-state index < -0.39 is 23.2 Å². The molecule has 2 amide bonds. The minimum Gasteiger partial charge on any atom is -0.378 e. The summed E-state index contributed by atoms with van der Waals surface area (Å²) in [4.78, 5) is 24.8. The van der Waals surface area contributed by atoms with Gasteiger partial charge in [-0.1, -0.05) is 12.1 Å². The predicted molar refractivity (Wildman–Crippen MR) is 70.4 cm³/mol. The van der Waals surface area contributed by atoms with Crippen LogP contribution in [0.4, 0.5) is 4.39 Å². The van der Waals surface area contributed by atoms with Crippen LogP contribution in [0.5, 0.6) is 0 Å². The van der Waals surface area contributed by atoms with Gasteiger partial charge in [-0.25, -0.2) is 4.39 Å². The Labute approximate surface area is 116 Å². The number of nitrogens with zero attached hydrogens (tertiary/aromatic N) is 1. The molecule has 1 aliphatic heterocycles. The number of likely N-dealkylation sites (tertiary alicyclic amines) is 1. The second-order valence-corrected chi connectivity index (χ2v) is 5.16. The van der Waals surface area contributed by atoms with E-state index in [0.29, 0.717) is 18.5 Å². The highest BCUT2D eigenvalue weighted by Gasteiger charge is 2.40. The minimum absolute atomic E-state index is 0.0567. The van der Waals surface area contributed by atoms with Crippen molar-refractivity contribution in [3.8, 4) is 0 Å². The van der Waals surface area contributed by atoms with Crippen LogP contribution in [0.1, 0.15) is 28.8 Å². The average Bonchev–Trinajstić information content (AvgIpc) is 2.41. The van der Waals surface area contributed by atoms with Crippen LogP contribution >= 0.6 is 0 Å². The van der Waals surface area contributed by atoms with Gasteiger partial charge >= 0.3 is 0 Å². The molecule has 0 unspecified atom stereocenters. The van der Waals surface area contributed by atoms with Gasteiger partial charge in [0.2, 0.25) is 0 Å². The highest BCUT2D eigenvalue weighted by Crippen LogP contribution is 2.23. The van der Waals surface area contributed by atoms with E-state index in [9.17, 15) is 19.1 Å². The molecule has 108 valence electrons. The first kappa shape index (κ1) is 14.5. The van der Waals surface area contributed by atoms with Crippen LogP contribution < -0.4 is 5.73 Å². The Morgan fingerprint density at radius 3 is 2.80 bits per heavy atom. The maximum atomic E-state index is 14.0. The van der Waals surface area contributed by atoms with Gasteiger partial charge in [-0.15, -0.1) is 0 Å². The minimum atomic E-state index is -1.73. The number of benzene rings is 1. The molecular formula is C14H17FN2O3. The van der Waals surface area contributed by atoms with Crippen LogP contribution in [0, 0.1) is 12.7 Å². The first-order chi connectivity index (χ1) is 9.35. The summed E-state index contributed by atoms with van der Waals surface area (Å²) in [6, 6.07) is 4.56. The Kier molecular flexibility index (Phi) is 3.76. The number of nitrogens with two attached hydrogens (primary N) is 1. The number of hydrogen-bond donors (Lipinski definition) is 2. The first-order valence-electron chi connectivity index (χ1n) is 6.42. The van der Waals surface area contributed by atoms with Crippen molar-refractivity contribution in [3.63, 3.8) is 0 Å². The summed E-state index contributed by atoms with van der Waals surface area (Å²) in [5, 5.41) is 10.1. The second kappa shape index (κ2) is 5.20. The Bertz CT molecular complexity index is 561. The number of aliphatic hydroxyl groups is 1. The summed E-state index contributed by atoms with van der Waals surface area (Å²) in [7, 11) is 0. The van der Waals surface area contributed by atoms with Gasteiger partial charge in [0, 0.05) is 6.54 Å². The van der Waals surface area contributed by atoms with Gasteiger partial charge < -0.3 is 15.7 Å². The van der Waals surface area contributed by atoms with Gasteiger partial charge in [-0.05, 0) is 31.4 Å². The van der Waals surface area contributed by atoms with Crippen molar-refractivity contribution in [2.45, 2.75) is 25.4 Å². The summed E-state index contributed by atoms with van der Waals surface area (Å²) in [5.41, 5.74) is 3.74. The summed E-state index contributed by atoms with van der Waals surface area (Å²) in [6.07, 6.45) is 0.654. The van der Waals surface area contributed by atoms with E-state index in [1.165, 1.54) is 11.0 Å². The molecular weight excluding hydrogens is 263 g/mol. The molecule has 1 aromatic carbocycles. The molecule has 1 fully saturated rings. The molecule has 0 spiro atoms. The van der Waals surface area contributed by atoms with E-state index in [1.807, 2.05) is 0 Å². The quantitative estimate of drug-likeness (QED) is 0.831. The number of primary amides is 1. The number of piperidine rings is 1. The van der Waals surface area contributed by atoms with Crippen LogP contribution in [-0.4, -0.2) is 40.5 Å². The number of aryl methyl sites for hydroxylation is 1. The lowest BCUT2D eigenvalue weighted by molar-refractivity contribution is -0.140. The number of rotatable bonds is 2. The number of amides is 2. The monoisotopic (exact) mass is 280 g/mol. The van der Waals surface area contributed by atoms with Crippen molar-refractivity contribution in [1.82, 2.24) is 4.90 Å². The molecule has 5 nitrogen and oxygen atoms in total. The summed E-state index contributed by atoms with van der Waals surface area (Å²) < 4.78 is 14.0. The molecule has 3 N–H and O–H groups in total. The molecule has 1 atom stereocenters. The molecule has 2 rings (SSSR count). The zero-order chi connectivity index (χ0) is 14.9. The van der Waals surface area contributed by atoms with Crippen molar-refractivity contribution < 1.29 is 19.1 Å². The predicted octanol–water partition coefficient (Wildman–Crippen LogP) is 0.587. The lowest BCUT2D eigenvalue weighted by Crippen LogP contribution is -2.57. The van der Waals surface area contributed by atoms with Gasteiger partial charge in [0.1, 0.15) is 5.82 Å². The third kappa shape index (κ3) is 2.51. The Balaban J connectivity index is 2.25. The third-order valence-corrected chi connectivity index (χ3v) is 3.64. The normalized spacial score (nSPS) is 22.6. The number of β-amino-alcohol motifs (C(OH)–C–C–N with tert-alkyl or cyclic N) is 1. The van der Waals surface area contributed by atoms with E-state index in [0.717, 1.165) is 0 Å². The lowest BCUT2D eigenvalue weighted by Gasteiger charge is -2.37. The van der Waals surface area contributed by atoms with Crippen LogP contribution in [0.15, 0.2) is 18.2 Å². The fraction of sp³-hybridized carbons (Fsp3) is 0.429. The van der Waals surface area contributed by atoms with E-state index in [-0.39, 0.29) is 18.5 Å². The number of carbonyl (C=O) groups excluding carboxylic acids is 2. The largest absolute Gasteiger partial charge is 0.378 e. The molecule has 0 saturated carbocycles. The molecule has 20 heavy (non-hydrogen) atoms. The maximum absolute atomic E-state index is 14.0. The van der Waals surface area contributed by atoms with Gasteiger partial charge in [0.15, 0.2) is 5.60 Å². The molecule has 1 aliphatic rings. The summed E-state index contributed by atoms with van der Waals surface area (Å²) in [6.45, 7) is 1.73. The van der Waals surface area contributed by atoms with Crippen molar-refractivity contribution in [3.05, 3.63) is 35.1 Å². The van der Waals surface area contributed by atoms with Gasteiger partial charge in [-0.3, -0.25) is 9.59 Å². The van der Waals surface area contributed by atoms with Crippen LogP contribution in [-0.2, 0) is 4.79 Å². The smallest absolute Gasteiger partial charge is 0.256 e. The van der Waals surface area contributed by atoms with E-state index >= 15 is 0 Å². The zero-order valence-corrected chi connectivity index (χ0v) is 11.2. The van der Waals surface area contributed by atoms with Gasteiger partial charge in [-0.2, -0.15) is 0 Å². The third-order valence-electron chi connectivity index (χ3n) is 3.64. The standard InChI is InChI=1S/C14H17FN2O3/c1-9-4-2-5-10(11(9)15)12(18)17-7-3-6-14(20,8-17)13(16)19/h2,4-5,20H,3,6-8H2,1H3,(H2,16,19)/t14-/m0/s1. The molecule has 1 heterocycles.